The summed E-state index contributed by atoms with van der Waals surface area (Å²) in [5.41, 5.74) is -2.36. The third kappa shape index (κ3) is 3.86. The summed E-state index contributed by atoms with van der Waals surface area (Å²) in [5.74, 6) is -0.595. The Balaban J connectivity index is 3.14. The number of thioether (sulfide) groups is 1. The van der Waals surface area contributed by atoms with Gasteiger partial charge < -0.3 is 4.74 Å². The molecule has 0 N–H and O–H groups in total. The van der Waals surface area contributed by atoms with E-state index >= 15 is 0 Å². The number of halogens is 3. The van der Waals surface area contributed by atoms with Gasteiger partial charge in [-0.3, -0.25) is 14.9 Å². The third-order valence-corrected chi connectivity index (χ3v) is 3.39. The molecule has 0 heterocycles. The Kier molecular flexibility index (Phi) is 4.98. The van der Waals surface area contributed by atoms with Crippen molar-refractivity contribution in [2.24, 2.45) is 0 Å². The van der Waals surface area contributed by atoms with Crippen LogP contribution in [0.15, 0.2) is 23.1 Å². The van der Waals surface area contributed by atoms with Crippen molar-refractivity contribution in [3.8, 4) is 0 Å². The molecule has 0 bridgehead atoms. The highest BCUT2D eigenvalue weighted by Gasteiger charge is 2.38. The lowest BCUT2D eigenvalue weighted by Crippen LogP contribution is -2.15. The van der Waals surface area contributed by atoms with Gasteiger partial charge in [0.15, 0.2) is 0 Å². The van der Waals surface area contributed by atoms with Gasteiger partial charge in [-0.2, -0.15) is 13.2 Å². The lowest BCUT2D eigenvalue weighted by Gasteiger charge is -2.11. The van der Waals surface area contributed by atoms with Crippen molar-refractivity contribution in [2.75, 3.05) is 7.11 Å². The van der Waals surface area contributed by atoms with Crippen LogP contribution in [-0.2, 0) is 15.7 Å². The Labute approximate surface area is 116 Å². The molecule has 0 aliphatic carbocycles. The fourth-order valence-electron chi connectivity index (χ4n) is 1.39. The molecule has 1 rings (SSSR count). The van der Waals surface area contributed by atoms with E-state index in [9.17, 15) is 28.1 Å². The van der Waals surface area contributed by atoms with Gasteiger partial charge >= 0.3 is 12.1 Å². The number of nitrogens with zero attached hydrogens (tertiary/aromatic N) is 1. The number of nitro groups is 1. The van der Waals surface area contributed by atoms with E-state index in [1.54, 1.807) is 0 Å². The topological polar surface area (TPSA) is 69.4 Å². The molecule has 1 unspecified atom stereocenters. The van der Waals surface area contributed by atoms with Gasteiger partial charge in [-0.1, -0.05) is 0 Å². The minimum atomic E-state index is -4.84. The van der Waals surface area contributed by atoms with Crippen molar-refractivity contribution in [3.05, 3.63) is 33.9 Å². The molecule has 9 heteroatoms. The molecule has 0 fully saturated rings. The molecule has 0 aliphatic heterocycles. The van der Waals surface area contributed by atoms with Crippen LogP contribution in [0, 0.1) is 10.1 Å². The summed E-state index contributed by atoms with van der Waals surface area (Å²) in [5, 5.41) is 9.86. The maximum Gasteiger partial charge on any atom is 0.423 e. The van der Waals surface area contributed by atoms with E-state index in [1.807, 2.05) is 0 Å². The van der Waals surface area contributed by atoms with Gasteiger partial charge in [0.05, 0.1) is 12.0 Å². The Morgan fingerprint density at radius 2 is 2.05 bits per heavy atom. The zero-order chi connectivity index (χ0) is 15.5. The maximum absolute atomic E-state index is 12.7. The molecular formula is C11H10F3NO4S. The van der Waals surface area contributed by atoms with Crippen molar-refractivity contribution in [3.63, 3.8) is 0 Å². The molecular weight excluding hydrogens is 299 g/mol. The van der Waals surface area contributed by atoms with Crippen molar-refractivity contribution in [1.29, 1.82) is 0 Å². The molecule has 0 aliphatic rings. The van der Waals surface area contributed by atoms with Crippen LogP contribution in [0.1, 0.15) is 12.5 Å². The van der Waals surface area contributed by atoms with Gasteiger partial charge in [-0.25, -0.2) is 0 Å². The highest BCUT2D eigenvalue weighted by molar-refractivity contribution is 8.00. The molecule has 1 aromatic rings. The van der Waals surface area contributed by atoms with Crippen LogP contribution in [0.5, 0.6) is 0 Å². The molecule has 0 radical (unpaired) electrons. The van der Waals surface area contributed by atoms with E-state index in [1.165, 1.54) is 6.92 Å². The number of esters is 1. The number of alkyl halides is 3. The number of hydrogen-bond acceptors (Lipinski definition) is 5. The number of nitro benzene ring substituents is 1. The van der Waals surface area contributed by atoms with Gasteiger partial charge in [0, 0.05) is 11.0 Å². The van der Waals surface area contributed by atoms with Gasteiger partial charge in [0.1, 0.15) is 10.8 Å². The van der Waals surface area contributed by atoms with Gasteiger partial charge in [0.2, 0.25) is 0 Å². The summed E-state index contributed by atoms with van der Waals surface area (Å²) in [7, 11) is 1.16. The van der Waals surface area contributed by atoms with E-state index in [2.05, 4.69) is 4.74 Å². The van der Waals surface area contributed by atoms with Crippen LogP contribution in [-0.4, -0.2) is 23.3 Å². The lowest BCUT2D eigenvalue weighted by atomic mass is 10.2. The van der Waals surface area contributed by atoms with E-state index in [0.29, 0.717) is 6.07 Å². The van der Waals surface area contributed by atoms with Crippen LogP contribution in [0.2, 0.25) is 0 Å². The Hall–Kier alpha value is -1.77. The monoisotopic (exact) mass is 309 g/mol. The second-order valence-electron chi connectivity index (χ2n) is 3.72. The Morgan fingerprint density at radius 1 is 1.45 bits per heavy atom. The van der Waals surface area contributed by atoms with Gasteiger partial charge in [0.25, 0.3) is 5.69 Å². The molecule has 110 valence electrons. The highest BCUT2D eigenvalue weighted by atomic mass is 32.2. The normalized spacial score (nSPS) is 12.8. The molecule has 0 saturated heterocycles. The van der Waals surface area contributed by atoms with Crippen molar-refractivity contribution >= 4 is 23.4 Å². The predicted octanol–water partition coefficient (Wildman–Crippen LogP) is 3.27. The van der Waals surface area contributed by atoms with Crippen LogP contribution in [0.25, 0.3) is 0 Å². The largest absolute Gasteiger partial charge is 0.468 e. The fraction of sp³-hybridized carbons (Fsp3) is 0.364. The smallest absolute Gasteiger partial charge is 0.423 e. The zero-order valence-corrected chi connectivity index (χ0v) is 11.2. The van der Waals surface area contributed by atoms with Gasteiger partial charge in [-0.05, 0) is 19.1 Å². The van der Waals surface area contributed by atoms with Crippen LogP contribution in [0.4, 0.5) is 18.9 Å². The van der Waals surface area contributed by atoms with Crippen molar-refractivity contribution in [2.45, 2.75) is 23.2 Å². The number of methoxy groups -OCH3 is 1. The number of carbonyl (C=O) groups is 1. The molecule has 5 nitrogen and oxygen atoms in total. The van der Waals surface area contributed by atoms with Crippen LogP contribution >= 0.6 is 11.8 Å². The van der Waals surface area contributed by atoms with Crippen molar-refractivity contribution < 1.29 is 27.6 Å². The average molecular weight is 309 g/mol. The minimum Gasteiger partial charge on any atom is -0.468 e. The van der Waals surface area contributed by atoms with Crippen LogP contribution < -0.4 is 0 Å². The highest BCUT2D eigenvalue weighted by Crippen LogP contribution is 2.39. The summed E-state index contributed by atoms with van der Waals surface area (Å²) < 4.78 is 42.7. The SMILES string of the molecule is COC(=O)C(C)Sc1ccc([N+](=O)[O-])c(C(F)(F)F)c1. The molecule has 20 heavy (non-hydrogen) atoms. The Bertz CT molecular complexity index is 533. The standard InChI is InChI=1S/C11H10F3NO4S/c1-6(10(16)19-2)20-7-3-4-9(15(17)18)8(5-7)11(12,13)14/h3-6H,1-2H3. The van der Waals surface area contributed by atoms with E-state index in [-0.39, 0.29) is 4.90 Å². The number of rotatable bonds is 4. The molecule has 0 spiro atoms. The Morgan fingerprint density at radius 3 is 2.50 bits per heavy atom. The minimum absolute atomic E-state index is 0.0980. The first-order valence-electron chi connectivity index (χ1n) is 5.27. The first kappa shape index (κ1) is 16.3. The zero-order valence-electron chi connectivity index (χ0n) is 10.4. The fourth-order valence-corrected chi connectivity index (χ4v) is 2.33. The number of benzene rings is 1. The second-order valence-corrected chi connectivity index (χ2v) is 5.13. The summed E-state index contributed by atoms with van der Waals surface area (Å²) in [6.45, 7) is 1.46. The second kappa shape index (κ2) is 6.12. The lowest BCUT2D eigenvalue weighted by molar-refractivity contribution is -0.388. The third-order valence-electron chi connectivity index (χ3n) is 2.32. The van der Waals surface area contributed by atoms with Crippen molar-refractivity contribution in [1.82, 2.24) is 0 Å². The number of hydrogen-bond donors (Lipinski definition) is 0. The molecule has 0 aromatic heterocycles. The van der Waals surface area contributed by atoms with E-state index in [0.717, 1.165) is 31.0 Å². The van der Waals surface area contributed by atoms with E-state index < -0.39 is 33.6 Å². The number of carbonyl (C=O) groups excluding carboxylic acids is 1. The number of ether oxygens (including phenoxy) is 1. The predicted molar refractivity (Wildman–Crippen MR) is 65.4 cm³/mol. The first-order valence-corrected chi connectivity index (χ1v) is 6.15. The van der Waals surface area contributed by atoms with E-state index in [4.69, 9.17) is 0 Å². The maximum atomic E-state index is 12.7. The summed E-state index contributed by atoms with van der Waals surface area (Å²) >= 11 is 0.830. The molecule has 0 amide bonds. The average Bonchev–Trinajstić information content (AvgIpc) is 2.36. The first-order chi connectivity index (χ1) is 9.16. The molecule has 0 saturated carbocycles. The molecule has 1 atom stereocenters. The van der Waals surface area contributed by atoms with Gasteiger partial charge in [-0.15, -0.1) is 11.8 Å². The van der Waals surface area contributed by atoms with Crippen LogP contribution in [0.3, 0.4) is 0 Å². The molecule has 1 aromatic carbocycles. The summed E-state index contributed by atoms with van der Waals surface area (Å²) in [4.78, 5) is 20.8. The summed E-state index contributed by atoms with van der Waals surface area (Å²) in [6.07, 6.45) is -4.84. The summed E-state index contributed by atoms with van der Waals surface area (Å²) in [6, 6.07) is 2.59. The quantitative estimate of drug-likeness (QED) is 0.369.